The van der Waals surface area contributed by atoms with Crippen molar-refractivity contribution < 1.29 is 14.3 Å². The molecular weight excluding hydrogens is 246 g/mol. The number of nitrogens with two attached hydrogens (primary N) is 1. The molecule has 1 aliphatic rings. The second kappa shape index (κ2) is 4.60. The molecule has 2 rings (SSSR count). The zero-order valence-corrected chi connectivity index (χ0v) is 9.45. The lowest BCUT2D eigenvalue weighted by atomic mass is 10.1. The molecule has 1 aliphatic heterocycles. The van der Waals surface area contributed by atoms with Crippen molar-refractivity contribution in [2.75, 3.05) is 5.32 Å². The Balaban J connectivity index is 2.18. The predicted octanol–water partition coefficient (Wildman–Crippen LogP) is 0.419. The van der Waals surface area contributed by atoms with Gasteiger partial charge in [-0.15, -0.1) is 0 Å². The average molecular weight is 256 g/mol. The first-order chi connectivity index (χ1) is 8.10. The minimum Gasteiger partial charge on any atom is -0.478 e. The SMILES string of the molecule is NNC(=O)CC1Oc2ccc(Cl)cc2NC1=O. The van der Waals surface area contributed by atoms with Crippen LogP contribution in [0.4, 0.5) is 5.69 Å². The third-order valence-electron chi connectivity index (χ3n) is 2.29. The highest BCUT2D eigenvalue weighted by Gasteiger charge is 2.29. The average Bonchev–Trinajstić information content (AvgIpc) is 2.30. The number of halogens is 1. The van der Waals surface area contributed by atoms with Gasteiger partial charge in [-0.25, -0.2) is 5.84 Å². The van der Waals surface area contributed by atoms with E-state index in [1.807, 2.05) is 5.43 Å². The van der Waals surface area contributed by atoms with E-state index < -0.39 is 17.9 Å². The Morgan fingerprint density at radius 3 is 3.06 bits per heavy atom. The molecule has 0 saturated heterocycles. The quantitative estimate of drug-likeness (QED) is 0.406. The van der Waals surface area contributed by atoms with Crippen molar-refractivity contribution in [1.29, 1.82) is 0 Å². The van der Waals surface area contributed by atoms with Crippen LogP contribution in [-0.4, -0.2) is 17.9 Å². The number of hydrogen-bond donors (Lipinski definition) is 3. The highest BCUT2D eigenvalue weighted by Crippen LogP contribution is 2.32. The van der Waals surface area contributed by atoms with Crippen LogP contribution in [0.5, 0.6) is 5.75 Å². The summed E-state index contributed by atoms with van der Waals surface area (Å²) in [6, 6.07) is 4.84. The van der Waals surface area contributed by atoms with Crippen LogP contribution in [0.2, 0.25) is 5.02 Å². The summed E-state index contributed by atoms with van der Waals surface area (Å²) in [4.78, 5) is 22.7. The van der Waals surface area contributed by atoms with E-state index in [2.05, 4.69) is 5.32 Å². The molecule has 0 saturated carbocycles. The Bertz CT molecular complexity index is 478. The van der Waals surface area contributed by atoms with E-state index in [9.17, 15) is 9.59 Å². The molecule has 0 aromatic heterocycles. The molecule has 1 unspecified atom stereocenters. The van der Waals surface area contributed by atoms with E-state index in [1.54, 1.807) is 18.2 Å². The number of hydrogen-bond acceptors (Lipinski definition) is 4. The maximum atomic E-state index is 11.6. The molecule has 6 nitrogen and oxygen atoms in total. The zero-order chi connectivity index (χ0) is 12.4. The minimum absolute atomic E-state index is 0.135. The topological polar surface area (TPSA) is 93.4 Å². The number of carbonyl (C=O) groups is 2. The van der Waals surface area contributed by atoms with E-state index >= 15 is 0 Å². The third-order valence-corrected chi connectivity index (χ3v) is 2.53. The second-order valence-electron chi connectivity index (χ2n) is 3.51. The lowest BCUT2D eigenvalue weighted by Gasteiger charge is -2.25. The van der Waals surface area contributed by atoms with Gasteiger partial charge >= 0.3 is 0 Å². The summed E-state index contributed by atoms with van der Waals surface area (Å²) in [6.07, 6.45) is -1.02. The smallest absolute Gasteiger partial charge is 0.266 e. The van der Waals surface area contributed by atoms with Gasteiger partial charge in [0.25, 0.3) is 5.91 Å². The first-order valence-corrected chi connectivity index (χ1v) is 5.24. The fourth-order valence-corrected chi connectivity index (χ4v) is 1.66. The highest BCUT2D eigenvalue weighted by molar-refractivity contribution is 6.31. The van der Waals surface area contributed by atoms with E-state index in [4.69, 9.17) is 22.2 Å². The van der Waals surface area contributed by atoms with Gasteiger partial charge in [-0.05, 0) is 18.2 Å². The normalized spacial score (nSPS) is 17.8. The van der Waals surface area contributed by atoms with Gasteiger partial charge in [-0.1, -0.05) is 11.6 Å². The van der Waals surface area contributed by atoms with Gasteiger partial charge < -0.3 is 10.1 Å². The Kier molecular flexibility index (Phi) is 3.16. The van der Waals surface area contributed by atoms with Crippen LogP contribution in [0.15, 0.2) is 18.2 Å². The van der Waals surface area contributed by atoms with Crippen molar-refractivity contribution in [1.82, 2.24) is 5.43 Å². The lowest BCUT2D eigenvalue weighted by Crippen LogP contribution is -2.42. The molecule has 7 heteroatoms. The number of carbonyl (C=O) groups excluding carboxylic acids is 2. The summed E-state index contributed by atoms with van der Waals surface area (Å²) in [5.41, 5.74) is 2.44. The van der Waals surface area contributed by atoms with Crippen molar-refractivity contribution in [2.24, 2.45) is 5.84 Å². The van der Waals surface area contributed by atoms with Gasteiger partial charge in [0, 0.05) is 5.02 Å². The molecular formula is C10H10ClN3O3. The molecule has 0 spiro atoms. The number of rotatable bonds is 2. The number of nitrogens with one attached hydrogen (secondary N) is 2. The molecule has 0 aliphatic carbocycles. The van der Waals surface area contributed by atoms with Crippen LogP contribution in [0.3, 0.4) is 0 Å². The van der Waals surface area contributed by atoms with Gasteiger partial charge in [0.05, 0.1) is 12.1 Å². The largest absolute Gasteiger partial charge is 0.478 e. The Hall–Kier alpha value is -1.79. The van der Waals surface area contributed by atoms with Crippen LogP contribution in [-0.2, 0) is 9.59 Å². The van der Waals surface area contributed by atoms with Gasteiger partial charge in [0.2, 0.25) is 5.91 Å². The molecule has 1 aromatic rings. The van der Waals surface area contributed by atoms with Crippen LogP contribution in [0.25, 0.3) is 0 Å². The van der Waals surface area contributed by atoms with Crippen molar-refractivity contribution >= 4 is 29.1 Å². The monoisotopic (exact) mass is 255 g/mol. The molecule has 90 valence electrons. The van der Waals surface area contributed by atoms with Crippen molar-refractivity contribution in [3.63, 3.8) is 0 Å². The fraction of sp³-hybridized carbons (Fsp3) is 0.200. The van der Waals surface area contributed by atoms with Crippen LogP contribution in [0.1, 0.15) is 6.42 Å². The number of ether oxygens (including phenoxy) is 1. The summed E-state index contributed by atoms with van der Waals surface area (Å²) in [7, 11) is 0. The summed E-state index contributed by atoms with van der Waals surface area (Å²) in [5, 5.41) is 3.10. The fourth-order valence-electron chi connectivity index (χ4n) is 1.48. The van der Waals surface area contributed by atoms with E-state index in [0.717, 1.165) is 0 Å². The first-order valence-electron chi connectivity index (χ1n) is 4.86. The Labute approximate surface area is 102 Å². The molecule has 2 amide bonds. The molecule has 4 N–H and O–H groups in total. The molecule has 1 heterocycles. The summed E-state index contributed by atoms with van der Waals surface area (Å²) in [5.74, 6) is 4.55. The standard InChI is InChI=1S/C10H10ClN3O3/c11-5-1-2-7-6(3-5)13-10(16)8(17-7)4-9(15)14-12/h1-3,8H,4,12H2,(H,13,16)(H,14,15). The predicted molar refractivity (Wildman–Crippen MR) is 61.4 cm³/mol. The van der Waals surface area contributed by atoms with Gasteiger partial charge in [0.1, 0.15) is 5.75 Å². The summed E-state index contributed by atoms with van der Waals surface area (Å²) < 4.78 is 5.38. The van der Waals surface area contributed by atoms with Crippen LogP contribution >= 0.6 is 11.6 Å². The lowest BCUT2D eigenvalue weighted by molar-refractivity contribution is -0.130. The Morgan fingerprint density at radius 1 is 1.59 bits per heavy atom. The zero-order valence-electron chi connectivity index (χ0n) is 8.70. The summed E-state index contributed by atoms with van der Waals surface area (Å²) >= 11 is 5.78. The van der Waals surface area contributed by atoms with Crippen LogP contribution in [0, 0.1) is 0 Å². The molecule has 0 bridgehead atoms. The number of anilines is 1. The molecule has 1 aromatic carbocycles. The maximum absolute atomic E-state index is 11.6. The maximum Gasteiger partial charge on any atom is 0.266 e. The number of amides is 2. The number of benzene rings is 1. The van der Waals surface area contributed by atoms with E-state index in [-0.39, 0.29) is 6.42 Å². The minimum atomic E-state index is -0.882. The molecule has 17 heavy (non-hydrogen) atoms. The van der Waals surface area contributed by atoms with E-state index in [0.29, 0.717) is 16.5 Å². The Morgan fingerprint density at radius 2 is 2.35 bits per heavy atom. The van der Waals surface area contributed by atoms with E-state index in [1.165, 1.54) is 0 Å². The van der Waals surface area contributed by atoms with Gasteiger partial charge in [0.15, 0.2) is 6.10 Å². The molecule has 0 radical (unpaired) electrons. The van der Waals surface area contributed by atoms with Gasteiger partial charge in [-0.2, -0.15) is 0 Å². The number of hydrazine groups is 1. The van der Waals surface area contributed by atoms with Crippen molar-refractivity contribution in [3.05, 3.63) is 23.2 Å². The molecule has 0 fully saturated rings. The van der Waals surface area contributed by atoms with Crippen molar-refractivity contribution in [2.45, 2.75) is 12.5 Å². The third kappa shape index (κ3) is 2.48. The van der Waals surface area contributed by atoms with Gasteiger partial charge in [-0.3, -0.25) is 15.0 Å². The second-order valence-corrected chi connectivity index (χ2v) is 3.94. The van der Waals surface area contributed by atoms with Crippen LogP contribution < -0.4 is 21.3 Å². The highest BCUT2D eigenvalue weighted by atomic mass is 35.5. The molecule has 1 atom stereocenters. The first kappa shape index (κ1) is 11.7. The number of fused-ring (bicyclic) bond motifs is 1. The van der Waals surface area contributed by atoms with Crippen molar-refractivity contribution in [3.8, 4) is 5.75 Å². The summed E-state index contributed by atoms with van der Waals surface area (Å²) in [6.45, 7) is 0.